The van der Waals surface area contributed by atoms with E-state index in [1.54, 1.807) is 0 Å². The number of nitrogens with one attached hydrogen (secondary N) is 1. The maximum absolute atomic E-state index is 3.52. The second kappa shape index (κ2) is 3.54. The lowest BCUT2D eigenvalue weighted by Gasteiger charge is -2.02. The molecular formula is C8H14BrN. The number of allylic oxidation sites excluding steroid dienone is 1. The first kappa shape index (κ1) is 8.28. The fourth-order valence-electron chi connectivity index (χ4n) is 0.698. The first-order valence-electron chi connectivity index (χ1n) is 3.75. The van der Waals surface area contributed by atoms with Gasteiger partial charge in [0.2, 0.25) is 0 Å². The van der Waals surface area contributed by atoms with Crippen LogP contribution in [0.4, 0.5) is 0 Å². The van der Waals surface area contributed by atoms with Gasteiger partial charge in [-0.05, 0) is 26.7 Å². The predicted octanol–water partition coefficient (Wildman–Crippen LogP) is 2.43. The zero-order chi connectivity index (χ0) is 7.56. The number of hydrogen-bond donors (Lipinski definition) is 1. The molecule has 0 atom stereocenters. The van der Waals surface area contributed by atoms with E-state index in [1.165, 1.54) is 22.9 Å². The summed E-state index contributed by atoms with van der Waals surface area (Å²) in [7, 11) is 0. The average Bonchev–Trinajstić information content (AvgIpc) is 2.64. The quantitative estimate of drug-likeness (QED) is 0.744. The molecule has 0 radical (unpaired) electrons. The number of rotatable bonds is 3. The van der Waals surface area contributed by atoms with Gasteiger partial charge in [0, 0.05) is 17.1 Å². The highest BCUT2D eigenvalue weighted by molar-refractivity contribution is 9.11. The first-order valence-corrected chi connectivity index (χ1v) is 4.54. The summed E-state index contributed by atoms with van der Waals surface area (Å²) in [4.78, 5) is 0. The summed E-state index contributed by atoms with van der Waals surface area (Å²) in [5.74, 6) is 0. The highest BCUT2D eigenvalue weighted by Crippen LogP contribution is 2.20. The Hall–Kier alpha value is 0.180. The molecule has 1 N–H and O–H groups in total. The lowest BCUT2D eigenvalue weighted by molar-refractivity contribution is 0.747. The molecule has 0 bridgehead atoms. The molecule has 1 rings (SSSR count). The third-order valence-electron chi connectivity index (χ3n) is 1.67. The molecule has 0 aromatic heterocycles. The molecule has 1 saturated carbocycles. The van der Waals surface area contributed by atoms with E-state index in [-0.39, 0.29) is 0 Å². The molecule has 0 spiro atoms. The summed E-state index contributed by atoms with van der Waals surface area (Å²) >= 11 is 3.52. The Labute approximate surface area is 71.0 Å². The van der Waals surface area contributed by atoms with Crippen molar-refractivity contribution in [3.63, 3.8) is 0 Å². The largest absolute Gasteiger partial charge is 0.309 e. The second-order valence-corrected chi connectivity index (χ2v) is 4.02. The molecule has 0 saturated heterocycles. The van der Waals surface area contributed by atoms with Crippen molar-refractivity contribution in [2.45, 2.75) is 32.7 Å². The highest BCUT2D eigenvalue weighted by atomic mass is 79.9. The van der Waals surface area contributed by atoms with E-state index < -0.39 is 0 Å². The Morgan fingerprint density at radius 3 is 2.50 bits per heavy atom. The van der Waals surface area contributed by atoms with E-state index in [2.05, 4.69) is 35.1 Å². The third kappa shape index (κ3) is 2.84. The molecule has 0 unspecified atom stereocenters. The summed E-state index contributed by atoms with van der Waals surface area (Å²) in [5, 5.41) is 3.43. The van der Waals surface area contributed by atoms with Gasteiger partial charge < -0.3 is 5.32 Å². The molecule has 1 fully saturated rings. The molecule has 1 aliphatic carbocycles. The van der Waals surface area contributed by atoms with E-state index in [4.69, 9.17) is 0 Å². The van der Waals surface area contributed by atoms with Crippen molar-refractivity contribution in [1.29, 1.82) is 0 Å². The molecule has 1 aliphatic rings. The smallest absolute Gasteiger partial charge is 0.0273 e. The van der Waals surface area contributed by atoms with Crippen LogP contribution in [0.5, 0.6) is 0 Å². The summed E-state index contributed by atoms with van der Waals surface area (Å²) in [5.41, 5.74) is 1.37. The molecule has 0 aliphatic heterocycles. The van der Waals surface area contributed by atoms with Crippen LogP contribution >= 0.6 is 15.9 Å². The van der Waals surface area contributed by atoms with Gasteiger partial charge in [0.15, 0.2) is 0 Å². The van der Waals surface area contributed by atoms with Crippen LogP contribution in [0.1, 0.15) is 26.7 Å². The van der Waals surface area contributed by atoms with Gasteiger partial charge in [0.1, 0.15) is 0 Å². The Balaban J connectivity index is 2.17. The molecular weight excluding hydrogens is 190 g/mol. The number of halogens is 1. The van der Waals surface area contributed by atoms with Crippen molar-refractivity contribution in [1.82, 2.24) is 5.32 Å². The van der Waals surface area contributed by atoms with Crippen molar-refractivity contribution in [3.05, 3.63) is 10.1 Å². The standard InChI is InChI=1S/C8H14BrN/c1-6(2)8(9)5-10-7-3-4-7/h7,10H,3-5H2,1-2H3. The zero-order valence-corrected chi connectivity index (χ0v) is 8.16. The van der Waals surface area contributed by atoms with Crippen LogP contribution in [-0.4, -0.2) is 12.6 Å². The maximum atomic E-state index is 3.52. The predicted molar refractivity (Wildman–Crippen MR) is 48.3 cm³/mol. The minimum atomic E-state index is 0.812. The van der Waals surface area contributed by atoms with Crippen molar-refractivity contribution in [2.75, 3.05) is 6.54 Å². The van der Waals surface area contributed by atoms with E-state index in [1.807, 2.05) is 0 Å². The second-order valence-electron chi connectivity index (χ2n) is 3.06. The Morgan fingerprint density at radius 2 is 2.10 bits per heavy atom. The monoisotopic (exact) mass is 203 g/mol. The van der Waals surface area contributed by atoms with Gasteiger partial charge in [-0.1, -0.05) is 21.5 Å². The molecule has 0 aromatic rings. The van der Waals surface area contributed by atoms with Crippen LogP contribution in [0, 0.1) is 0 Å². The van der Waals surface area contributed by atoms with Crippen LogP contribution in [-0.2, 0) is 0 Å². The van der Waals surface area contributed by atoms with Crippen molar-refractivity contribution in [3.8, 4) is 0 Å². The van der Waals surface area contributed by atoms with Crippen LogP contribution in [0.2, 0.25) is 0 Å². The molecule has 10 heavy (non-hydrogen) atoms. The molecule has 1 nitrogen and oxygen atoms in total. The lowest BCUT2D eigenvalue weighted by atomic mass is 10.3. The highest BCUT2D eigenvalue weighted by Gasteiger charge is 2.19. The minimum Gasteiger partial charge on any atom is -0.309 e. The summed E-state index contributed by atoms with van der Waals surface area (Å²) < 4.78 is 1.31. The molecule has 2 heteroatoms. The summed E-state index contributed by atoms with van der Waals surface area (Å²) in [6, 6.07) is 0.812. The lowest BCUT2D eigenvalue weighted by Crippen LogP contribution is -2.17. The Bertz CT molecular complexity index is 143. The summed E-state index contributed by atoms with van der Waals surface area (Å²) in [6.45, 7) is 5.25. The van der Waals surface area contributed by atoms with Gasteiger partial charge in [0.25, 0.3) is 0 Å². The van der Waals surface area contributed by atoms with Crippen LogP contribution in [0.15, 0.2) is 10.1 Å². The molecule has 0 aromatic carbocycles. The molecule has 0 amide bonds. The van der Waals surface area contributed by atoms with Crippen molar-refractivity contribution >= 4 is 15.9 Å². The molecule has 0 heterocycles. The van der Waals surface area contributed by atoms with Gasteiger partial charge in [-0.15, -0.1) is 0 Å². The van der Waals surface area contributed by atoms with E-state index in [9.17, 15) is 0 Å². The maximum Gasteiger partial charge on any atom is 0.0273 e. The SMILES string of the molecule is CC(C)=C(Br)CNC1CC1. The van der Waals surface area contributed by atoms with Gasteiger partial charge in [-0.2, -0.15) is 0 Å². The Kier molecular flexibility index (Phi) is 2.93. The van der Waals surface area contributed by atoms with Crippen molar-refractivity contribution in [2.24, 2.45) is 0 Å². The molecule has 58 valence electrons. The first-order chi connectivity index (χ1) is 4.70. The van der Waals surface area contributed by atoms with E-state index >= 15 is 0 Å². The normalized spacial score (nSPS) is 17.1. The van der Waals surface area contributed by atoms with Crippen LogP contribution in [0.25, 0.3) is 0 Å². The van der Waals surface area contributed by atoms with Crippen LogP contribution < -0.4 is 5.32 Å². The van der Waals surface area contributed by atoms with E-state index in [0.29, 0.717) is 0 Å². The summed E-state index contributed by atoms with van der Waals surface area (Å²) in [6.07, 6.45) is 2.73. The average molecular weight is 204 g/mol. The van der Waals surface area contributed by atoms with Gasteiger partial charge in [0.05, 0.1) is 0 Å². The van der Waals surface area contributed by atoms with Gasteiger partial charge in [-0.3, -0.25) is 0 Å². The fourth-order valence-corrected chi connectivity index (χ4v) is 0.860. The van der Waals surface area contributed by atoms with Gasteiger partial charge >= 0.3 is 0 Å². The van der Waals surface area contributed by atoms with Gasteiger partial charge in [-0.25, -0.2) is 0 Å². The van der Waals surface area contributed by atoms with Crippen LogP contribution in [0.3, 0.4) is 0 Å². The van der Waals surface area contributed by atoms with Crippen molar-refractivity contribution < 1.29 is 0 Å². The number of hydrogen-bond acceptors (Lipinski definition) is 1. The minimum absolute atomic E-state index is 0.812. The fraction of sp³-hybridized carbons (Fsp3) is 0.750. The van der Waals surface area contributed by atoms with E-state index in [0.717, 1.165) is 12.6 Å². The Morgan fingerprint density at radius 1 is 1.50 bits per heavy atom. The zero-order valence-electron chi connectivity index (χ0n) is 6.58. The topological polar surface area (TPSA) is 12.0 Å². The third-order valence-corrected chi connectivity index (χ3v) is 2.74.